The van der Waals surface area contributed by atoms with Gasteiger partial charge in [-0.15, -0.1) is 0 Å². The molecular weight excluding hydrogens is 409 g/mol. The SMILES string of the molecule is CCOC(=O)C1CCCN([C@H]2CS(=O)(=O)C[C@@H]2S(=O)(=O)c2ccc(F)cc2)C1. The fourth-order valence-electron chi connectivity index (χ4n) is 3.99. The molecule has 2 fully saturated rings. The van der Waals surface area contributed by atoms with Crippen LogP contribution in [0.1, 0.15) is 19.8 Å². The second-order valence-electron chi connectivity index (χ2n) is 7.27. The molecule has 3 atom stereocenters. The Bertz CT molecular complexity index is 929. The van der Waals surface area contributed by atoms with Gasteiger partial charge in [-0.2, -0.15) is 0 Å². The average Bonchev–Trinajstić information content (AvgIpc) is 2.99. The van der Waals surface area contributed by atoms with Crippen LogP contribution in [-0.2, 0) is 29.2 Å². The molecule has 0 aliphatic carbocycles. The Morgan fingerprint density at radius 3 is 2.57 bits per heavy atom. The average molecular weight is 434 g/mol. The van der Waals surface area contributed by atoms with Crippen molar-refractivity contribution in [3.8, 4) is 0 Å². The molecule has 0 bridgehead atoms. The third-order valence-electron chi connectivity index (χ3n) is 5.35. The summed E-state index contributed by atoms with van der Waals surface area (Å²) in [4.78, 5) is 13.8. The van der Waals surface area contributed by atoms with Gasteiger partial charge in [-0.25, -0.2) is 21.2 Å². The Labute approximate surface area is 164 Å². The highest BCUT2D eigenvalue weighted by Crippen LogP contribution is 2.32. The largest absolute Gasteiger partial charge is 0.466 e. The van der Waals surface area contributed by atoms with Crippen LogP contribution in [-0.4, -0.2) is 70.2 Å². The smallest absolute Gasteiger partial charge is 0.310 e. The van der Waals surface area contributed by atoms with Crippen molar-refractivity contribution in [2.75, 3.05) is 31.2 Å². The predicted octanol–water partition coefficient (Wildman–Crippen LogP) is 1.04. The molecule has 1 unspecified atom stereocenters. The van der Waals surface area contributed by atoms with Gasteiger partial charge in [0.1, 0.15) is 5.82 Å². The predicted molar refractivity (Wildman–Crippen MR) is 101 cm³/mol. The summed E-state index contributed by atoms with van der Waals surface area (Å²) in [5.41, 5.74) is 0. The van der Waals surface area contributed by atoms with E-state index >= 15 is 0 Å². The summed E-state index contributed by atoms with van der Waals surface area (Å²) in [6.07, 6.45) is 1.29. The topological polar surface area (TPSA) is 97.8 Å². The van der Waals surface area contributed by atoms with Gasteiger partial charge in [0.15, 0.2) is 19.7 Å². The molecule has 0 saturated carbocycles. The lowest BCUT2D eigenvalue weighted by atomic mass is 9.96. The van der Waals surface area contributed by atoms with Crippen LogP contribution in [0.15, 0.2) is 29.2 Å². The van der Waals surface area contributed by atoms with Crippen LogP contribution < -0.4 is 0 Å². The highest BCUT2D eigenvalue weighted by molar-refractivity contribution is 7.96. The second kappa shape index (κ2) is 8.08. The first-order chi connectivity index (χ1) is 13.1. The van der Waals surface area contributed by atoms with Crippen molar-refractivity contribution in [3.63, 3.8) is 0 Å². The molecule has 3 rings (SSSR count). The van der Waals surface area contributed by atoms with Gasteiger partial charge in [-0.3, -0.25) is 9.69 Å². The lowest BCUT2D eigenvalue weighted by molar-refractivity contribution is -0.150. The molecule has 10 heteroatoms. The number of piperidine rings is 1. The summed E-state index contributed by atoms with van der Waals surface area (Å²) in [5, 5.41) is -1.15. The molecule has 7 nitrogen and oxygen atoms in total. The molecule has 2 aliphatic heterocycles. The number of halogens is 1. The van der Waals surface area contributed by atoms with Gasteiger partial charge < -0.3 is 4.74 Å². The van der Waals surface area contributed by atoms with Gasteiger partial charge >= 0.3 is 5.97 Å². The minimum atomic E-state index is -3.98. The highest BCUT2D eigenvalue weighted by atomic mass is 32.2. The molecule has 2 saturated heterocycles. The summed E-state index contributed by atoms with van der Waals surface area (Å²) >= 11 is 0. The van der Waals surface area contributed by atoms with Crippen LogP contribution in [0.25, 0.3) is 0 Å². The number of rotatable bonds is 5. The van der Waals surface area contributed by atoms with Crippen molar-refractivity contribution in [1.29, 1.82) is 0 Å². The molecule has 0 aromatic heterocycles. The lowest BCUT2D eigenvalue weighted by Crippen LogP contribution is -2.51. The lowest BCUT2D eigenvalue weighted by Gasteiger charge is -2.37. The van der Waals surface area contributed by atoms with Crippen LogP contribution >= 0.6 is 0 Å². The van der Waals surface area contributed by atoms with E-state index in [1.165, 1.54) is 0 Å². The van der Waals surface area contributed by atoms with E-state index in [0.717, 1.165) is 24.3 Å². The second-order valence-corrected chi connectivity index (χ2v) is 11.6. The van der Waals surface area contributed by atoms with Gasteiger partial charge in [0.25, 0.3) is 0 Å². The van der Waals surface area contributed by atoms with Crippen molar-refractivity contribution in [1.82, 2.24) is 4.90 Å². The number of hydrogen-bond donors (Lipinski definition) is 0. The van der Waals surface area contributed by atoms with Gasteiger partial charge in [0.05, 0.1) is 34.2 Å². The van der Waals surface area contributed by atoms with E-state index in [9.17, 15) is 26.0 Å². The summed E-state index contributed by atoms with van der Waals surface area (Å²) < 4.78 is 69.1. The zero-order valence-electron chi connectivity index (χ0n) is 15.6. The first-order valence-corrected chi connectivity index (χ1v) is 12.6. The van der Waals surface area contributed by atoms with Gasteiger partial charge in [0.2, 0.25) is 0 Å². The fraction of sp³-hybridized carbons (Fsp3) is 0.611. The number of carbonyl (C=O) groups excluding carboxylic acids is 1. The summed E-state index contributed by atoms with van der Waals surface area (Å²) in [6.45, 7) is 2.77. The Morgan fingerprint density at radius 1 is 1.25 bits per heavy atom. The highest BCUT2D eigenvalue weighted by Gasteiger charge is 2.49. The van der Waals surface area contributed by atoms with Crippen molar-refractivity contribution in [2.24, 2.45) is 5.92 Å². The fourth-order valence-corrected chi connectivity index (χ4v) is 8.82. The number of ether oxygens (including phenoxy) is 1. The Morgan fingerprint density at radius 2 is 1.93 bits per heavy atom. The number of nitrogens with zero attached hydrogens (tertiary/aromatic N) is 1. The molecule has 156 valence electrons. The van der Waals surface area contributed by atoms with Crippen LogP contribution in [0.4, 0.5) is 4.39 Å². The molecule has 28 heavy (non-hydrogen) atoms. The quantitative estimate of drug-likeness (QED) is 0.505. The Hall–Kier alpha value is -1.52. The van der Waals surface area contributed by atoms with E-state index in [4.69, 9.17) is 4.74 Å². The zero-order valence-corrected chi connectivity index (χ0v) is 17.2. The van der Waals surface area contributed by atoms with E-state index in [-0.39, 0.29) is 29.8 Å². The molecule has 1 aromatic carbocycles. The van der Waals surface area contributed by atoms with Crippen LogP contribution in [0.3, 0.4) is 0 Å². The number of sulfone groups is 2. The van der Waals surface area contributed by atoms with Crippen molar-refractivity contribution >= 4 is 25.6 Å². The molecule has 0 spiro atoms. The maximum atomic E-state index is 13.2. The summed E-state index contributed by atoms with van der Waals surface area (Å²) in [5.74, 6) is -2.05. The zero-order chi connectivity index (χ0) is 20.5. The molecule has 0 N–H and O–H groups in total. The molecule has 0 radical (unpaired) electrons. The van der Waals surface area contributed by atoms with E-state index < -0.39 is 48.5 Å². The molecule has 0 amide bonds. The Balaban J connectivity index is 1.88. The van der Waals surface area contributed by atoms with Crippen molar-refractivity contribution in [2.45, 2.75) is 36.0 Å². The molecule has 2 heterocycles. The number of carbonyl (C=O) groups is 1. The maximum absolute atomic E-state index is 13.2. The maximum Gasteiger partial charge on any atom is 0.310 e. The van der Waals surface area contributed by atoms with Gasteiger partial charge in [-0.05, 0) is 50.6 Å². The van der Waals surface area contributed by atoms with Crippen LogP contribution in [0.5, 0.6) is 0 Å². The number of hydrogen-bond acceptors (Lipinski definition) is 7. The molecule has 2 aliphatic rings. The number of benzene rings is 1. The third kappa shape index (κ3) is 4.38. The number of likely N-dealkylation sites (tertiary alicyclic amines) is 1. The first-order valence-electron chi connectivity index (χ1n) is 9.24. The van der Waals surface area contributed by atoms with E-state index in [2.05, 4.69) is 0 Å². The molecular formula is C18H24FNO6S2. The van der Waals surface area contributed by atoms with Crippen molar-refractivity contribution < 1.29 is 30.8 Å². The normalized spacial score (nSPS) is 28.1. The van der Waals surface area contributed by atoms with E-state index in [1.807, 2.05) is 0 Å². The third-order valence-corrected chi connectivity index (χ3v) is 9.49. The summed E-state index contributed by atoms with van der Waals surface area (Å²) in [7, 11) is -7.53. The molecule has 1 aromatic rings. The van der Waals surface area contributed by atoms with Crippen LogP contribution in [0, 0.1) is 11.7 Å². The van der Waals surface area contributed by atoms with Gasteiger partial charge in [0, 0.05) is 12.6 Å². The Kier molecular flexibility index (Phi) is 6.11. The summed E-state index contributed by atoms with van der Waals surface area (Å²) in [6, 6.07) is 3.66. The number of esters is 1. The van der Waals surface area contributed by atoms with Crippen molar-refractivity contribution in [3.05, 3.63) is 30.1 Å². The first kappa shape index (κ1) is 21.2. The standard InChI is InChI=1S/C18H24FNO6S2/c1-2-26-18(21)13-4-3-9-20(10-13)16-11-27(22,23)12-17(16)28(24,25)15-7-5-14(19)6-8-15/h5-8,13,16-17H,2-4,9-12H2,1H3/t13?,16-,17-/m0/s1. The van der Waals surface area contributed by atoms with Crippen LogP contribution in [0.2, 0.25) is 0 Å². The minimum Gasteiger partial charge on any atom is -0.466 e. The van der Waals surface area contributed by atoms with E-state index in [0.29, 0.717) is 19.4 Å². The van der Waals surface area contributed by atoms with Gasteiger partial charge in [-0.1, -0.05) is 0 Å². The monoisotopic (exact) mass is 433 g/mol. The minimum absolute atomic E-state index is 0.0973. The van der Waals surface area contributed by atoms with E-state index in [1.54, 1.807) is 11.8 Å².